The molecule has 0 rings (SSSR count). The van der Waals surface area contributed by atoms with Crippen LogP contribution in [0.1, 0.15) is 12.8 Å². The summed E-state index contributed by atoms with van der Waals surface area (Å²) < 4.78 is 247. The highest BCUT2D eigenvalue weighted by molar-refractivity contribution is 7.89. The van der Waals surface area contributed by atoms with E-state index in [1.165, 1.54) is 4.72 Å². The third-order valence-electron chi connectivity index (χ3n) is 4.67. The van der Waals surface area contributed by atoms with E-state index < -0.39 is 81.0 Å². The minimum atomic E-state index is -8.75. The minimum Gasteiger partial charge on any atom is -0.633 e. The molecule has 0 aromatic rings. The van der Waals surface area contributed by atoms with Crippen LogP contribution < -0.4 is 4.72 Å². The van der Waals surface area contributed by atoms with Gasteiger partial charge >= 0.3 is 47.6 Å². The number of sulfonamides is 1. The van der Waals surface area contributed by atoms with E-state index >= 15 is 0 Å². The molecule has 0 aliphatic heterocycles. The average Bonchev–Trinajstić information content (AvgIpc) is 2.67. The smallest absolute Gasteiger partial charge is 0.460 e. The molecule has 230 valence electrons. The molecule has 0 atom stereocenters. The van der Waals surface area contributed by atoms with Gasteiger partial charge in [0.2, 0.25) is 10.0 Å². The van der Waals surface area contributed by atoms with Crippen molar-refractivity contribution in [1.82, 2.24) is 4.72 Å². The molecular formula is C15H17F17N2O3S. The van der Waals surface area contributed by atoms with E-state index in [-0.39, 0.29) is 13.0 Å². The highest BCUT2D eigenvalue weighted by Gasteiger charge is 2.95. The predicted octanol–water partition coefficient (Wildman–Crippen LogP) is 5.27. The van der Waals surface area contributed by atoms with Crippen LogP contribution in [-0.4, -0.2) is 93.6 Å². The van der Waals surface area contributed by atoms with E-state index in [1.807, 2.05) is 0 Å². The van der Waals surface area contributed by atoms with Gasteiger partial charge in [-0.1, -0.05) is 0 Å². The number of hydrogen-bond donors (Lipinski definition) is 1. The molecule has 5 nitrogen and oxygen atoms in total. The first-order valence-corrected chi connectivity index (χ1v) is 11.0. The maximum atomic E-state index is 13.8. The van der Waals surface area contributed by atoms with Gasteiger partial charge in [-0.25, -0.2) is 13.1 Å². The lowest BCUT2D eigenvalue weighted by atomic mass is 9.88. The number of nitrogens with one attached hydrogen (secondary N) is 1. The van der Waals surface area contributed by atoms with E-state index in [2.05, 4.69) is 0 Å². The second-order valence-electron chi connectivity index (χ2n) is 8.26. The van der Waals surface area contributed by atoms with Crippen LogP contribution in [-0.2, 0) is 10.0 Å². The Morgan fingerprint density at radius 2 is 0.974 bits per heavy atom. The van der Waals surface area contributed by atoms with Gasteiger partial charge < -0.3 is 9.85 Å². The Balaban J connectivity index is 6.12. The summed E-state index contributed by atoms with van der Waals surface area (Å²) in [6.45, 7) is -1.05. The Labute approximate surface area is 202 Å². The zero-order valence-corrected chi connectivity index (χ0v) is 19.4. The molecule has 0 bridgehead atoms. The van der Waals surface area contributed by atoms with E-state index in [4.69, 9.17) is 0 Å². The highest BCUT2D eigenvalue weighted by atomic mass is 32.2. The van der Waals surface area contributed by atoms with E-state index in [0.717, 1.165) is 14.1 Å². The Bertz CT molecular complexity index is 926. The van der Waals surface area contributed by atoms with E-state index in [0.29, 0.717) is 0 Å². The Morgan fingerprint density at radius 3 is 1.32 bits per heavy atom. The van der Waals surface area contributed by atoms with E-state index in [9.17, 15) is 88.3 Å². The number of rotatable bonds is 14. The number of quaternary nitrogens is 1. The molecule has 0 unspecified atom stereocenters. The van der Waals surface area contributed by atoms with Crippen molar-refractivity contribution in [2.75, 3.05) is 32.9 Å². The largest absolute Gasteiger partial charge is 0.633 e. The van der Waals surface area contributed by atoms with Gasteiger partial charge in [0.1, 0.15) is 0 Å². The van der Waals surface area contributed by atoms with Crippen LogP contribution in [0, 0.1) is 5.21 Å². The molecular weight excluding hydrogens is 611 g/mol. The molecule has 0 aliphatic rings. The summed E-state index contributed by atoms with van der Waals surface area (Å²) in [7, 11) is -3.03. The topological polar surface area (TPSA) is 69.2 Å². The first kappa shape index (κ1) is 36.6. The molecule has 0 amide bonds. The van der Waals surface area contributed by atoms with Gasteiger partial charge in [-0.2, -0.15) is 74.6 Å². The van der Waals surface area contributed by atoms with Gasteiger partial charge in [-0.3, -0.25) is 0 Å². The first-order chi connectivity index (χ1) is 16.2. The van der Waals surface area contributed by atoms with Crippen molar-refractivity contribution in [2.24, 2.45) is 0 Å². The third kappa shape index (κ3) is 6.50. The molecule has 0 heterocycles. The molecule has 0 saturated carbocycles. The highest BCUT2D eigenvalue weighted by Crippen LogP contribution is 2.64. The molecule has 38 heavy (non-hydrogen) atoms. The summed E-state index contributed by atoms with van der Waals surface area (Å²) >= 11 is 0. The van der Waals surface area contributed by atoms with Gasteiger partial charge in [-0.05, 0) is 0 Å². The molecule has 1 N–H and O–H groups in total. The van der Waals surface area contributed by atoms with Crippen LogP contribution in [0.25, 0.3) is 0 Å². The van der Waals surface area contributed by atoms with E-state index in [1.54, 1.807) is 0 Å². The van der Waals surface area contributed by atoms with Crippen molar-refractivity contribution in [3.63, 3.8) is 0 Å². The molecule has 0 aromatic heterocycles. The summed E-state index contributed by atoms with van der Waals surface area (Å²) in [6, 6.07) is 0. The molecule has 0 saturated heterocycles. The lowest BCUT2D eigenvalue weighted by molar-refractivity contribution is -0.840. The lowest BCUT2D eigenvalue weighted by Crippen LogP contribution is -2.74. The number of hydroxylamine groups is 3. The summed E-state index contributed by atoms with van der Waals surface area (Å²) in [4.78, 5) is 0. The van der Waals surface area contributed by atoms with Crippen LogP contribution in [0.2, 0.25) is 0 Å². The van der Waals surface area contributed by atoms with Gasteiger partial charge in [0.15, 0.2) is 0 Å². The zero-order valence-electron chi connectivity index (χ0n) is 18.5. The monoisotopic (exact) mass is 628 g/mol. The second kappa shape index (κ2) is 10.2. The van der Waals surface area contributed by atoms with Crippen molar-refractivity contribution in [3.8, 4) is 0 Å². The molecule has 0 aliphatic carbocycles. The maximum Gasteiger partial charge on any atom is 0.460 e. The molecule has 23 heteroatoms. The van der Waals surface area contributed by atoms with Crippen molar-refractivity contribution >= 4 is 10.0 Å². The Kier molecular flexibility index (Phi) is 9.87. The van der Waals surface area contributed by atoms with Gasteiger partial charge in [0.25, 0.3) is 0 Å². The maximum absolute atomic E-state index is 13.8. The van der Waals surface area contributed by atoms with Crippen LogP contribution in [0.15, 0.2) is 0 Å². The van der Waals surface area contributed by atoms with Crippen molar-refractivity contribution in [3.05, 3.63) is 5.21 Å². The van der Waals surface area contributed by atoms with Gasteiger partial charge in [0.05, 0.1) is 26.4 Å². The van der Waals surface area contributed by atoms with Crippen LogP contribution in [0.5, 0.6) is 0 Å². The molecule has 0 radical (unpaired) electrons. The minimum absolute atomic E-state index is 0.315. The SMILES string of the molecule is C[N+](C)([O-])CCCNS(=O)(=O)CCC(F)(F)C(F)(F)C(F)(F)C(F)(F)C(F)(F)C(F)(F)C(F)(F)C(F)(F)F. The van der Waals surface area contributed by atoms with Crippen LogP contribution in [0.4, 0.5) is 74.6 Å². The van der Waals surface area contributed by atoms with Crippen molar-refractivity contribution < 1.29 is 87.7 Å². The molecule has 0 fully saturated rings. The fourth-order valence-electron chi connectivity index (χ4n) is 2.38. The predicted molar refractivity (Wildman–Crippen MR) is 92.0 cm³/mol. The normalized spacial score (nSPS) is 16.2. The van der Waals surface area contributed by atoms with Crippen molar-refractivity contribution in [1.29, 1.82) is 0 Å². The Morgan fingerprint density at radius 1 is 0.632 bits per heavy atom. The molecule has 0 aromatic carbocycles. The number of alkyl halides is 17. The fourth-order valence-corrected chi connectivity index (χ4v) is 3.50. The summed E-state index contributed by atoms with van der Waals surface area (Å²) in [5.74, 6) is -59.9. The van der Waals surface area contributed by atoms with Gasteiger partial charge in [-0.15, -0.1) is 0 Å². The average molecular weight is 628 g/mol. The summed E-state index contributed by atoms with van der Waals surface area (Å²) in [6.07, 6.45) is -11.3. The summed E-state index contributed by atoms with van der Waals surface area (Å²) in [5.41, 5.74) is 0. The van der Waals surface area contributed by atoms with Gasteiger partial charge in [0, 0.05) is 19.4 Å². The third-order valence-corrected chi connectivity index (χ3v) is 6.05. The zero-order chi connectivity index (χ0) is 31.2. The number of hydrogen-bond acceptors (Lipinski definition) is 3. The summed E-state index contributed by atoms with van der Waals surface area (Å²) in [5, 5.41) is 11.3. The lowest BCUT2D eigenvalue weighted by Gasteiger charge is -2.42. The second-order valence-corrected chi connectivity index (χ2v) is 10.2. The van der Waals surface area contributed by atoms with Crippen molar-refractivity contribution in [2.45, 2.75) is 60.5 Å². The quantitative estimate of drug-likeness (QED) is 0.124. The number of nitrogens with zero attached hydrogens (tertiary/aromatic N) is 1. The fraction of sp³-hybridized carbons (Fsp3) is 1.00. The standard InChI is InChI=1S/C15H17F17N2O3S/c1-34(2,35)6-3-5-33-38(36,37)7-4-8(16,17)9(18,19)10(20,21)11(22,23)12(24,25)13(26,27)14(28,29)15(30,31)32/h33H,3-7H2,1-2H3. The van der Waals surface area contributed by atoms with Crippen LogP contribution in [0.3, 0.4) is 0 Å². The molecule has 0 spiro atoms. The number of halogens is 17. The first-order valence-electron chi connectivity index (χ1n) is 9.39. The van der Waals surface area contributed by atoms with Crippen LogP contribution >= 0.6 is 0 Å². The Hall–Kier alpha value is -1.36.